The number of carbonyl (C=O) groups is 1. The number of carboxylic acid groups (broad SMARTS) is 1. The lowest BCUT2D eigenvalue weighted by atomic mass is 9.99. The Bertz CT molecular complexity index is 216. The molecule has 0 aromatic carbocycles. The molecule has 0 spiro atoms. The standard InChI is InChI=1S/C7H12O7/c1-13-7-4(10)2(8)3(9)5(14-7)6(11)12/h2-5,7-10H,1H3,(H,11,12)/t2-,3+,4+,5-,7-/m0/s1. The van der Waals surface area contributed by atoms with Crippen LogP contribution >= 0.6 is 0 Å². The van der Waals surface area contributed by atoms with Gasteiger partial charge in [0.15, 0.2) is 12.4 Å². The summed E-state index contributed by atoms with van der Waals surface area (Å²) in [6, 6.07) is 0. The summed E-state index contributed by atoms with van der Waals surface area (Å²) in [4.78, 5) is 10.5. The van der Waals surface area contributed by atoms with Crippen molar-refractivity contribution in [2.24, 2.45) is 0 Å². The fourth-order valence-electron chi connectivity index (χ4n) is 1.25. The second kappa shape index (κ2) is 4.20. The maximum Gasteiger partial charge on any atom is 0.335 e. The summed E-state index contributed by atoms with van der Waals surface area (Å²) >= 11 is 0. The van der Waals surface area contributed by atoms with E-state index in [9.17, 15) is 20.1 Å². The van der Waals surface area contributed by atoms with Crippen molar-refractivity contribution in [3.8, 4) is 0 Å². The van der Waals surface area contributed by atoms with E-state index in [1.54, 1.807) is 0 Å². The first-order valence-electron chi connectivity index (χ1n) is 3.94. The van der Waals surface area contributed by atoms with Gasteiger partial charge in [-0.1, -0.05) is 0 Å². The van der Waals surface area contributed by atoms with E-state index < -0.39 is 36.7 Å². The Balaban J connectivity index is 2.78. The third kappa shape index (κ3) is 1.86. The summed E-state index contributed by atoms with van der Waals surface area (Å²) in [6.07, 6.45) is -7.60. The van der Waals surface area contributed by atoms with Crippen molar-refractivity contribution in [2.75, 3.05) is 7.11 Å². The SMILES string of the molecule is CO[C@H]1O[C@H](C(=O)O)[C@H](O)[C@H](O)[C@H]1O. The molecule has 0 bridgehead atoms. The van der Waals surface area contributed by atoms with E-state index in [1.165, 1.54) is 7.11 Å². The van der Waals surface area contributed by atoms with Gasteiger partial charge in [0, 0.05) is 7.11 Å². The lowest BCUT2D eigenvalue weighted by Gasteiger charge is -2.37. The second-order valence-corrected chi connectivity index (χ2v) is 2.97. The molecule has 5 atom stereocenters. The number of aliphatic hydroxyl groups is 3. The van der Waals surface area contributed by atoms with Gasteiger partial charge in [-0.15, -0.1) is 0 Å². The van der Waals surface area contributed by atoms with Crippen LogP contribution in [0.15, 0.2) is 0 Å². The van der Waals surface area contributed by atoms with Gasteiger partial charge in [-0.25, -0.2) is 4.79 Å². The van der Waals surface area contributed by atoms with Crippen LogP contribution in [0.2, 0.25) is 0 Å². The molecule has 4 N–H and O–H groups in total. The van der Waals surface area contributed by atoms with E-state index >= 15 is 0 Å². The average molecular weight is 208 g/mol. The van der Waals surface area contributed by atoms with Crippen molar-refractivity contribution in [3.05, 3.63) is 0 Å². The van der Waals surface area contributed by atoms with Gasteiger partial charge in [0.25, 0.3) is 0 Å². The highest BCUT2D eigenvalue weighted by atomic mass is 16.7. The summed E-state index contributed by atoms with van der Waals surface area (Å²) in [5, 5.41) is 36.3. The molecular weight excluding hydrogens is 196 g/mol. The number of rotatable bonds is 2. The molecule has 0 saturated carbocycles. The molecule has 0 amide bonds. The second-order valence-electron chi connectivity index (χ2n) is 2.97. The summed E-state index contributed by atoms with van der Waals surface area (Å²) < 4.78 is 9.31. The van der Waals surface area contributed by atoms with E-state index in [-0.39, 0.29) is 0 Å². The maximum atomic E-state index is 10.5. The third-order valence-corrected chi connectivity index (χ3v) is 2.05. The zero-order chi connectivity index (χ0) is 10.9. The topological polar surface area (TPSA) is 116 Å². The number of ether oxygens (including phenoxy) is 2. The number of carboxylic acids is 1. The lowest BCUT2D eigenvalue weighted by Crippen LogP contribution is -2.60. The molecule has 1 rings (SSSR count). The van der Waals surface area contributed by atoms with Crippen LogP contribution in [-0.2, 0) is 14.3 Å². The molecular formula is C7H12O7. The van der Waals surface area contributed by atoms with Crippen LogP contribution in [-0.4, -0.2) is 64.2 Å². The minimum absolute atomic E-state index is 1.19. The average Bonchev–Trinajstić information content (AvgIpc) is 2.14. The van der Waals surface area contributed by atoms with Crippen molar-refractivity contribution >= 4 is 5.97 Å². The van der Waals surface area contributed by atoms with Crippen molar-refractivity contribution in [3.63, 3.8) is 0 Å². The Kier molecular flexibility index (Phi) is 3.40. The van der Waals surface area contributed by atoms with Gasteiger partial charge >= 0.3 is 5.97 Å². The first-order chi connectivity index (χ1) is 6.49. The Morgan fingerprint density at radius 2 is 1.79 bits per heavy atom. The number of methoxy groups -OCH3 is 1. The fraction of sp³-hybridized carbons (Fsp3) is 0.857. The molecule has 1 saturated heterocycles. The smallest absolute Gasteiger partial charge is 0.335 e. The highest BCUT2D eigenvalue weighted by Crippen LogP contribution is 2.21. The predicted octanol–water partition coefficient (Wildman–Crippen LogP) is -2.47. The van der Waals surface area contributed by atoms with Gasteiger partial charge in [0.2, 0.25) is 0 Å². The van der Waals surface area contributed by atoms with Crippen molar-refractivity contribution < 1.29 is 34.7 Å². The van der Waals surface area contributed by atoms with Gasteiger partial charge in [0.05, 0.1) is 0 Å². The minimum Gasteiger partial charge on any atom is -0.479 e. The van der Waals surface area contributed by atoms with Crippen molar-refractivity contribution in [1.29, 1.82) is 0 Å². The van der Waals surface area contributed by atoms with Gasteiger partial charge < -0.3 is 29.9 Å². The third-order valence-electron chi connectivity index (χ3n) is 2.05. The molecule has 0 unspecified atom stereocenters. The Morgan fingerprint density at radius 3 is 2.21 bits per heavy atom. The summed E-state index contributed by atoms with van der Waals surface area (Å²) in [7, 11) is 1.19. The molecule has 0 aromatic heterocycles. The van der Waals surface area contributed by atoms with E-state index in [4.69, 9.17) is 9.84 Å². The summed E-state index contributed by atoms with van der Waals surface area (Å²) in [6.45, 7) is 0. The number of aliphatic hydroxyl groups excluding tert-OH is 3. The van der Waals surface area contributed by atoms with Crippen molar-refractivity contribution in [2.45, 2.75) is 30.7 Å². The van der Waals surface area contributed by atoms with Crippen LogP contribution in [0.4, 0.5) is 0 Å². The Hall–Kier alpha value is -0.730. The quantitative estimate of drug-likeness (QED) is 0.397. The van der Waals surface area contributed by atoms with Crippen molar-refractivity contribution in [1.82, 2.24) is 0 Å². The molecule has 14 heavy (non-hydrogen) atoms. The van der Waals surface area contributed by atoms with Gasteiger partial charge in [-0.05, 0) is 0 Å². The Labute approximate surface area is 79.5 Å². The monoisotopic (exact) mass is 208 g/mol. The molecule has 0 aromatic rings. The lowest BCUT2D eigenvalue weighted by molar-refractivity contribution is -0.287. The zero-order valence-corrected chi connectivity index (χ0v) is 7.40. The maximum absolute atomic E-state index is 10.5. The number of aliphatic carboxylic acids is 1. The predicted molar refractivity (Wildman–Crippen MR) is 41.3 cm³/mol. The van der Waals surface area contributed by atoms with Crippen LogP contribution in [0, 0.1) is 0 Å². The molecule has 82 valence electrons. The van der Waals surface area contributed by atoms with E-state index in [0.717, 1.165) is 0 Å². The highest BCUT2D eigenvalue weighted by molar-refractivity contribution is 5.73. The summed E-state index contributed by atoms with van der Waals surface area (Å²) in [5.41, 5.74) is 0. The zero-order valence-electron chi connectivity index (χ0n) is 7.40. The summed E-state index contributed by atoms with van der Waals surface area (Å²) in [5.74, 6) is -1.43. The first kappa shape index (κ1) is 11.3. The largest absolute Gasteiger partial charge is 0.479 e. The van der Waals surface area contributed by atoms with E-state index in [2.05, 4.69) is 4.74 Å². The van der Waals surface area contributed by atoms with E-state index in [0.29, 0.717) is 0 Å². The number of hydrogen-bond acceptors (Lipinski definition) is 6. The normalized spacial score (nSPS) is 43.6. The van der Waals surface area contributed by atoms with Gasteiger partial charge in [-0.3, -0.25) is 0 Å². The molecule has 7 nitrogen and oxygen atoms in total. The fourth-order valence-corrected chi connectivity index (χ4v) is 1.25. The van der Waals surface area contributed by atoms with E-state index in [1.807, 2.05) is 0 Å². The molecule has 0 radical (unpaired) electrons. The van der Waals surface area contributed by atoms with Crippen LogP contribution in [0.5, 0.6) is 0 Å². The highest BCUT2D eigenvalue weighted by Gasteiger charge is 2.46. The number of hydrogen-bond donors (Lipinski definition) is 4. The molecule has 1 aliphatic rings. The first-order valence-corrected chi connectivity index (χ1v) is 3.94. The molecule has 1 aliphatic heterocycles. The Morgan fingerprint density at radius 1 is 1.21 bits per heavy atom. The van der Waals surface area contributed by atoms with Crippen LogP contribution in [0.25, 0.3) is 0 Å². The van der Waals surface area contributed by atoms with Gasteiger partial charge in [0.1, 0.15) is 18.3 Å². The van der Waals surface area contributed by atoms with Gasteiger partial charge in [-0.2, -0.15) is 0 Å². The molecule has 0 aliphatic carbocycles. The minimum atomic E-state index is -1.67. The molecule has 7 heteroatoms. The van der Waals surface area contributed by atoms with Crippen LogP contribution < -0.4 is 0 Å². The molecule has 1 fully saturated rings. The molecule has 1 heterocycles. The van der Waals surface area contributed by atoms with Crippen LogP contribution in [0.1, 0.15) is 0 Å². The van der Waals surface area contributed by atoms with Crippen LogP contribution in [0.3, 0.4) is 0 Å².